The van der Waals surface area contributed by atoms with Crippen LogP contribution in [0.15, 0.2) is 26.8 Å². The van der Waals surface area contributed by atoms with Gasteiger partial charge < -0.3 is 90.1 Å². The highest BCUT2D eigenvalue weighted by atomic mass is 16.7. The Hall–Kier alpha value is -3.63. The van der Waals surface area contributed by atoms with Crippen molar-refractivity contribution in [3.8, 4) is 0 Å². The summed E-state index contributed by atoms with van der Waals surface area (Å²) in [6.45, 7) is -0.0591. The molecule has 24 heteroatoms. The molecule has 21 N–H and O–H groups in total. The van der Waals surface area contributed by atoms with Crippen molar-refractivity contribution >= 4 is 17.8 Å². The molecule has 24 nitrogen and oxygen atoms in total. The third kappa shape index (κ3) is 10.1. The van der Waals surface area contributed by atoms with Crippen molar-refractivity contribution in [2.45, 2.75) is 111 Å². The number of guanidine groups is 1. The molecule has 0 spiro atoms. The van der Waals surface area contributed by atoms with Crippen LogP contribution in [0.3, 0.4) is 0 Å². The number of rotatable bonds is 15. The Morgan fingerprint density at radius 3 is 2.38 bits per heavy atom. The molecule has 0 radical (unpaired) electrons. The number of hydrogen-bond donors (Lipinski definition) is 15. The Kier molecular flexibility index (Phi) is 14.8. The van der Waals surface area contributed by atoms with Gasteiger partial charge in [0, 0.05) is 50.5 Å². The predicted molar refractivity (Wildman–Crippen MR) is 183 cm³/mol. The molecule has 15 atom stereocenters. The van der Waals surface area contributed by atoms with Gasteiger partial charge in [0.15, 0.2) is 24.6 Å². The summed E-state index contributed by atoms with van der Waals surface area (Å²) in [5, 5.41) is 61.0. The molecule has 0 unspecified atom stereocenters. The number of aliphatic imine (C=N–C) groups is 1. The van der Waals surface area contributed by atoms with Crippen LogP contribution in [0.2, 0.25) is 0 Å². The number of H-pyrrole nitrogens is 1. The summed E-state index contributed by atoms with van der Waals surface area (Å²) >= 11 is 0. The van der Waals surface area contributed by atoms with E-state index in [0.717, 1.165) is 16.8 Å². The normalized spacial score (nSPS) is 36.4. The van der Waals surface area contributed by atoms with E-state index in [1.807, 2.05) is 4.98 Å². The fraction of sp³-hybridized carbons (Fsp3) is 0.759. The molecule has 1 aromatic heterocycles. The Balaban J connectivity index is 1.39. The second kappa shape index (κ2) is 18.6. The van der Waals surface area contributed by atoms with Crippen molar-refractivity contribution in [3.05, 3.63) is 33.1 Å². The van der Waals surface area contributed by atoms with E-state index in [0.29, 0.717) is 0 Å². The lowest BCUT2D eigenvalue weighted by Gasteiger charge is -2.47. The zero-order valence-corrected chi connectivity index (χ0v) is 28.7. The summed E-state index contributed by atoms with van der Waals surface area (Å²) in [6.07, 6.45) is -12.5. The van der Waals surface area contributed by atoms with E-state index >= 15 is 0 Å². The van der Waals surface area contributed by atoms with Crippen LogP contribution in [0, 0.1) is 0 Å². The summed E-state index contributed by atoms with van der Waals surface area (Å²) < 4.78 is 18.1. The predicted octanol–water partition coefficient (Wildman–Crippen LogP) is -9.69. The molecule has 1 saturated carbocycles. The number of hydrogen-bond acceptors (Lipinski definition) is 18. The lowest BCUT2D eigenvalue weighted by atomic mass is 9.82. The number of aromatic nitrogens is 2. The molecular weight excluding hydrogens is 708 g/mol. The molecule has 2 saturated heterocycles. The van der Waals surface area contributed by atoms with Crippen LogP contribution in [-0.4, -0.2) is 164 Å². The Morgan fingerprint density at radius 2 is 1.72 bits per heavy atom. The molecule has 3 aliphatic rings. The first-order valence-corrected chi connectivity index (χ1v) is 17.1. The van der Waals surface area contributed by atoms with Crippen molar-refractivity contribution in [1.82, 2.24) is 25.5 Å². The SMILES string of the molecule is NC[C@H]1O[C@H](O[C@H]2[C@@H](NCCNC(=O)[C@H](CCCN=C(N)N)NC(=O)[C@H]3O[C@@H](n4ccc(=O)[nH]c4=O)[C@H](O)[C@@H]3O)[C@@H](O)[C@H](N)C[C@@H]2N)[C@H](N)[C@@H](O)[C@@H]1O. The number of nitrogens with one attached hydrogen (secondary N) is 4. The van der Waals surface area contributed by atoms with Crippen LogP contribution in [0.25, 0.3) is 0 Å². The molecule has 300 valence electrons. The molecule has 0 bridgehead atoms. The highest BCUT2D eigenvalue weighted by molar-refractivity contribution is 5.89. The second-order valence-corrected chi connectivity index (χ2v) is 13.2. The van der Waals surface area contributed by atoms with Crippen LogP contribution >= 0.6 is 0 Å². The number of aromatic amines is 1. The van der Waals surface area contributed by atoms with Crippen molar-refractivity contribution in [1.29, 1.82) is 0 Å². The Bertz CT molecular complexity index is 1530. The van der Waals surface area contributed by atoms with Crippen LogP contribution in [0.5, 0.6) is 0 Å². The maximum absolute atomic E-state index is 13.4. The van der Waals surface area contributed by atoms with Crippen molar-refractivity contribution in [3.63, 3.8) is 0 Å². The summed E-state index contributed by atoms with van der Waals surface area (Å²) in [4.78, 5) is 56.2. The largest absolute Gasteiger partial charge is 0.390 e. The van der Waals surface area contributed by atoms with Gasteiger partial charge >= 0.3 is 5.69 Å². The number of carbonyl (C=O) groups is 2. The van der Waals surface area contributed by atoms with Gasteiger partial charge in [-0.05, 0) is 19.3 Å². The van der Waals surface area contributed by atoms with E-state index in [-0.39, 0.29) is 51.4 Å². The quantitative estimate of drug-likeness (QED) is 0.0448. The highest BCUT2D eigenvalue weighted by Gasteiger charge is 2.49. The van der Waals surface area contributed by atoms with E-state index in [1.165, 1.54) is 0 Å². The third-order valence-corrected chi connectivity index (χ3v) is 9.40. The molecule has 3 fully saturated rings. The number of nitrogens with zero attached hydrogens (tertiary/aromatic N) is 2. The van der Waals surface area contributed by atoms with Gasteiger partial charge in [-0.1, -0.05) is 0 Å². The minimum Gasteiger partial charge on any atom is -0.390 e. The van der Waals surface area contributed by atoms with Gasteiger partial charge in [0.05, 0.1) is 24.3 Å². The zero-order valence-electron chi connectivity index (χ0n) is 28.7. The molecule has 2 amide bonds. The van der Waals surface area contributed by atoms with E-state index in [1.54, 1.807) is 0 Å². The average molecular weight is 761 g/mol. The molecular formula is C29H52N12O12. The maximum Gasteiger partial charge on any atom is 0.330 e. The smallest absolute Gasteiger partial charge is 0.330 e. The highest BCUT2D eigenvalue weighted by Crippen LogP contribution is 2.29. The summed E-state index contributed by atoms with van der Waals surface area (Å²) in [5.41, 5.74) is 33.3. The number of amides is 2. The Labute approximate surface area is 302 Å². The molecule has 1 aliphatic carbocycles. The summed E-state index contributed by atoms with van der Waals surface area (Å²) in [7, 11) is 0. The maximum atomic E-state index is 13.4. The van der Waals surface area contributed by atoms with E-state index in [2.05, 4.69) is 20.9 Å². The molecule has 0 aromatic carbocycles. The van der Waals surface area contributed by atoms with Gasteiger partial charge in [0.2, 0.25) is 5.91 Å². The molecule has 4 rings (SSSR count). The molecule has 1 aromatic rings. The third-order valence-electron chi connectivity index (χ3n) is 9.40. The number of aliphatic hydroxyl groups is 5. The first kappa shape index (κ1) is 42.1. The lowest BCUT2D eigenvalue weighted by Crippen LogP contribution is -2.70. The van der Waals surface area contributed by atoms with E-state index in [4.69, 9.17) is 48.6 Å². The fourth-order valence-corrected chi connectivity index (χ4v) is 6.47. The van der Waals surface area contributed by atoms with Crippen molar-refractivity contribution in [2.24, 2.45) is 39.4 Å². The van der Waals surface area contributed by atoms with Crippen LogP contribution in [0.4, 0.5) is 0 Å². The molecule has 53 heavy (non-hydrogen) atoms. The van der Waals surface area contributed by atoms with Crippen LogP contribution < -0.4 is 61.6 Å². The van der Waals surface area contributed by atoms with Gasteiger partial charge in [-0.2, -0.15) is 0 Å². The first-order chi connectivity index (χ1) is 25.0. The zero-order chi connectivity index (χ0) is 39.1. The average Bonchev–Trinajstić information content (AvgIpc) is 3.40. The standard InChI is InChI=1S/C29H52N12O12/c30-9-13-18(44)19(45)15(33)27(51-13)53-22-11(32)8-10(31)17(43)16(22)36-5-6-37-24(48)12(2-1-4-38-28(34)35)39-25(49)23-20(46)21(47)26(52-23)41-7-3-14(42)40-29(41)50/h3,7,10-13,15-23,26-27,36,43-47H,1-2,4-6,8-9,30-33H2,(H,37,48)(H,39,49)(H4,34,35,38)(H,40,42,50)/t10-,11+,12+,13-,15-,16+,17+,18-,19-,20+,21-,22-,23+,26-,27-/m1/s1. The van der Waals surface area contributed by atoms with Gasteiger partial charge in [0.25, 0.3) is 11.5 Å². The first-order valence-electron chi connectivity index (χ1n) is 17.1. The molecule has 3 heterocycles. The number of ether oxygens (including phenoxy) is 3. The fourth-order valence-electron chi connectivity index (χ4n) is 6.47. The van der Waals surface area contributed by atoms with Gasteiger partial charge in [-0.15, -0.1) is 0 Å². The minimum absolute atomic E-state index is 0.0168. The second-order valence-electron chi connectivity index (χ2n) is 13.2. The van der Waals surface area contributed by atoms with Crippen LogP contribution in [0.1, 0.15) is 25.5 Å². The molecule has 2 aliphatic heterocycles. The van der Waals surface area contributed by atoms with Crippen molar-refractivity contribution < 1.29 is 49.3 Å². The Morgan fingerprint density at radius 1 is 1.00 bits per heavy atom. The summed E-state index contributed by atoms with van der Waals surface area (Å²) in [6, 6.07) is -3.80. The van der Waals surface area contributed by atoms with Gasteiger partial charge in [-0.25, -0.2) is 4.79 Å². The number of aliphatic hydroxyl groups excluding tert-OH is 5. The van der Waals surface area contributed by atoms with Crippen LogP contribution in [-0.2, 0) is 23.8 Å². The van der Waals surface area contributed by atoms with E-state index in [9.17, 15) is 44.7 Å². The van der Waals surface area contributed by atoms with Gasteiger partial charge in [0.1, 0.15) is 36.6 Å². The monoisotopic (exact) mass is 760 g/mol. The topological polar surface area (TPSA) is 422 Å². The lowest BCUT2D eigenvalue weighted by molar-refractivity contribution is -0.279. The van der Waals surface area contributed by atoms with Crippen molar-refractivity contribution in [2.75, 3.05) is 26.2 Å². The van der Waals surface area contributed by atoms with E-state index < -0.39 is 115 Å². The minimum atomic E-state index is -1.81. The summed E-state index contributed by atoms with van der Waals surface area (Å²) in [5.74, 6) is -1.83. The number of nitrogens with two attached hydrogens (primary N) is 6. The number of carbonyl (C=O) groups excluding carboxylic acids is 2. The van der Waals surface area contributed by atoms with Gasteiger partial charge in [-0.3, -0.25) is 28.9 Å².